The lowest BCUT2D eigenvalue weighted by atomic mass is 10.1. The Bertz CT molecular complexity index is 975. The Morgan fingerprint density at radius 2 is 1.90 bits per heavy atom. The van der Waals surface area contributed by atoms with Gasteiger partial charge in [-0.1, -0.05) is 24.3 Å². The first-order chi connectivity index (χ1) is 14.2. The molecule has 7 nitrogen and oxygen atoms in total. The van der Waals surface area contributed by atoms with E-state index in [1.165, 1.54) is 0 Å². The van der Waals surface area contributed by atoms with Gasteiger partial charge in [-0.2, -0.15) is 10.2 Å². The van der Waals surface area contributed by atoms with Gasteiger partial charge in [0.05, 0.1) is 19.0 Å². The molecule has 0 unspecified atom stereocenters. The van der Waals surface area contributed by atoms with Crippen LogP contribution in [0.4, 0.5) is 5.69 Å². The van der Waals surface area contributed by atoms with Crippen LogP contribution in [0.2, 0.25) is 0 Å². The summed E-state index contributed by atoms with van der Waals surface area (Å²) < 4.78 is 5.34. The Hall–Kier alpha value is -3.61. The smallest absolute Gasteiger partial charge is 0.289 e. The Labute approximate surface area is 170 Å². The molecule has 0 aliphatic rings. The number of hydrogen-bond acceptors (Lipinski definition) is 5. The molecule has 0 aliphatic carbocycles. The first-order valence-electron chi connectivity index (χ1n) is 9.53. The minimum Gasteiger partial charge on any atom is -0.496 e. The topological polar surface area (TPSA) is 82.6 Å². The van der Waals surface area contributed by atoms with Crippen molar-refractivity contribution >= 4 is 17.8 Å². The summed E-state index contributed by atoms with van der Waals surface area (Å²) >= 11 is 0. The molecule has 2 N–H and O–H groups in total. The average Bonchev–Trinajstić information content (AvgIpc) is 3.26. The van der Waals surface area contributed by atoms with Crippen LogP contribution in [-0.4, -0.2) is 42.5 Å². The molecular formula is C22H25N5O2. The van der Waals surface area contributed by atoms with Gasteiger partial charge in [0.15, 0.2) is 0 Å². The molecule has 0 bridgehead atoms. The third kappa shape index (κ3) is 4.82. The summed E-state index contributed by atoms with van der Waals surface area (Å²) in [6.07, 6.45) is 1.61. The zero-order valence-electron chi connectivity index (χ0n) is 16.8. The molecule has 7 heteroatoms. The van der Waals surface area contributed by atoms with Crippen molar-refractivity contribution in [1.82, 2.24) is 15.6 Å². The predicted octanol–water partition coefficient (Wildman–Crippen LogP) is 3.70. The highest BCUT2D eigenvalue weighted by Crippen LogP contribution is 2.28. The fraction of sp³-hybridized carbons (Fsp3) is 0.227. The van der Waals surface area contributed by atoms with Gasteiger partial charge >= 0.3 is 0 Å². The number of nitrogens with one attached hydrogen (secondary N) is 2. The molecule has 0 spiro atoms. The molecule has 0 saturated heterocycles. The number of nitrogens with zero attached hydrogens (tertiary/aromatic N) is 3. The summed E-state index contributed by atoms with van der Waals surface area (Å²) in [5.74, 6) is 0.326. The number of H-pyrrole nitrogens is 1. The summed E-state index contributed by atoms with van der Waals surface area (Å²) in [5, 5.41) is 11.0. The highest BCUT2D eigenvalue weighted by molar-refractivity contribution is 5.94. The maximum Gasteiger partial charge on any atom is 0.289 e. The van der Waals surface area contributed by atoms with Crippen LogP contribution in [0.25, 0.3) is 11.3 Å². The van der Waals surface area contributed by atoms with E-state index < -0.39 is 0 Å². The quantitative estimate of drug-likeness (QED) is 0.453. The number of carbonyl (C=O) groups is 1. The Morgan fingerprint density at radius 1 is 1.17 bits per heavy atom. The third-order valence-electron chi connectivity index (χ3n) is 4.61. The largest absolute Gasteiger partial charge is 0.496 e. The Kier molecular flexibility index (Phi) is 6.63. The second-order valence-electron chi connectivity index (χ2n) is 6.33. The molecule has 0 radical (unpaired) electrons. The molecule has 29 heavy (non-hydrogen) atoms. The summed E-state index contributed by atoms with van der Waals surface area (Å²) in [5.41, 5.74) is 6.34. The number of hydrogen-bond donors (Lipinski definition) is 2. The molecule has 150 valence electrons. The van der Waals surface area contributed by atoms with Gasteiger partial charge in [-0.15, -0.1) is 0 Å². The van der Waals surface area contributed by atoms with Crippen LogP contribution in [0, 0.1) is 0 Å². The van der Waals surface area contributed by atoms with Gasteiger partial charge < -0.3 is 9.64 Å². The molecule has 0 atom stereocenters. The van der Waals surface area contributed by atoms with Crippen LogP contribution < -0.4 is 15.1 Å². The van der Waals surface area contributed by atoms with Crippen molar-refractivity contribution in [3.8, 4) is 17.0 Å². The summed E-state index contributed by atoms with van der Waals surface area (Å²) in [7, 11) is 1.60. The van der Waals surface area contributed by atoms with Crippen LogP contribution >= 0.6 is 0 Å². The van der Waals surface area contributed by atoms with Crippen molar-refractivity contribution in [1.29, 1.82) is 0 Å². The highest BCUT2D eigenvalue weighted by atomic mass is 16.5. The van der Waals surface area contributed by atoms with Gasteiger partial charge in [-0.25, -0.2) is 5.43 Å². The van der Waals surface area contributed by atoms with Crippen LogP contribution in [0.5, 0.6) is 5.75 Å². The summed E-state index contributed by atoms with van der Waals surface area (Å²) in [4.78, 5) is 14.6. The van der Waals surface area contributed by atoms with E-state index in [0.29, 0.717) is 17.1 Å². The fourth-order valence-corrected chi connectivity index (χ4v) is 3.02. The number of para-hydroxylation sites is 1. The summed E-state index contributed by atoms with van der Waals surface area (Å²) in [6.45, 7) is 6.17. The SMILES string of the molecule is CCN(CC)c1ccc(/C=N/NC(=O)c2cc(-c3ccccc3OC)n[nH]2)cc1. The lowest BCUT2D eigenvalue weighted by molar-refractivity contribution is 0.0950. The molecule has 1 amide bonds. The van der Waals surface area contributed by atoms with Gasteiger partial charge in [-0.3, -0.25) is 9.89 Å². The molecule has 0 fully saturated rings. The molecule has 3 aromatic rings. The van der Waals surface area contributed by atoms with Crippen molar-refractivity contribution in [2.75, 3.05) is 25.1 Å². The van der Waals surface area contributed by atoms with Crippen LogP contribution in [0.3, 0.4) is 0 Å². The second kappa shape index (κ2) is 9.54. The molecule has 1 heterocycles. The van der Waals surface area contributed by atoms with Gasteiger partial charge in [0.25, 0.3) is 5.91 Å². The number of amides is 1. The number of carbonyl (C=O) groups excluding carboxylic acids is 1. The molecule has 1 aromatic heterocycles. The maximum atomic E-state index is 12.3. The molecule has 0 saturated carbocycles. The minimum atomic E-state index is -0.366. The minimum absolute atomic E-state index is 0.319. The van der Waals surface area contributed by atoms with Crippen molar-refractivity contribution < 1.29 is 9.53 Å². The number of ether oxygens (including phenoxy) is 1. The molecule has 3 rings (SSSR count). The van der Waals surface area contributed by atoms with Gasteiger partial charge in [0.2, 0.25) is 0 Å². The van der Waals surface area contributed by atoms with Gasteiger partial charge in [0.1, 0.15) is 11.4 Å². The first-order valence-corrected chi connectivity index (χ1v) is 9.53. The van der Waals surface area contributed by atoms with E-state index in [1.807, 2.05) is 48.5 Å². The fourth-order valence-electron chi connectivity index (χ4n) is 3.02. The number of benzene rings is 2. The van der Waals surface area contributed by atoms with E-state index in [9.17, 15) is 4.79 Å². The van der Waals surface area contributed by atoms with E-state index in [2.05, 4.69) is 39.5 Å². The standard InChI is InChI=1S/C22H25N5O2/c1-4-27(5-2)17-12-10-16(11-13-17)15-23-26-22(28)20-14-19(24-25-20)18-8-6-7-9-21(18)29-3/h6-15H,4-5H2,1-3H3,(H,24,25)(H,26,28)/b23-15+. The van der Waals surface area contributed by atoms with Crippen LogP contribution in [-0.2, 0) is 0 Å². The van der Waals surface area contributed by atoms with Gasteiger partial charge in [0, 0.05) is 24.3 Å². The molecule has 0 aliphatic heterocycles. The zero-order chi connectivity index (χ0) is 20.6. The highest BCUT2D eigenvalue weighted by Gasteiger charge is 2.13. The van der Waals surface area contributed by atoms with E-state index >= 15 is 0 Å². The van der Waals surface area contributed by atoms with Crippen molar-refractivity contribution in [3.05, 3.63) is 65.9 Å². The number of methoxy groups -OCH3 is 1. The zero-order valence-corrected chi connectivity index (χ0v) is 16.8. The van der Waals surface area contributed by atoms with E-state index in [4.69, 9.17) is 4.74 Å². The number of hydrazone groups is 1. The second-order valence-corrected chi connectivity index (χ2v) is 6.33. The normalized spacial score (nSPS) is 10.9. The lowest BCUT2D eigenvalue weighted by Crippen LogP contribution is -2.21. The third-order valence-corrected chi connectivity index (χ3v) is 4.61. The van der Waals surface area contributed by atoms with Crippen molar-refractivity contribution in [2.45, 2.75) is 13.8 Å². The van der Waals surface area contributed by atoms with Crippen molar-refractivity contribution in [3.63, 3.8) is 0 Å². The van der Waals surface area contributed by atoms with Crippen LogP contribution in [0.15, 0.2) is 59.7 Å². The first kappa shape index (κ1) is 20.1. The Balaban J connectivity index is 1.63. The number of aromatic amines is 1. The van der Waals surface area contributed by atoms with E-state index in [1.54, 1.807) is 19.4 Å². The van der Waals surface area contributed by atoms with Crippen LogP contribution in [0.1, 0.15) is 29.9 Å². The lowest BCUT2D eigenvalue weighted by Gasteiger charge is -2.20. The number of anilines is 1. The number of aromatic nitrogens is 2. The monoisotopic (exact) mass is 391 g/mol. The van der Waals surface area contributed by atoms with E-state index in [-0.39, 0.29) is 5.91 Å². The summed E-state index contributed by atoms with van der Waals surface area (Å²) in [6, 6.07) is 17.2. The predicted molar refractivity (Wildman–Crippen MR) is 116 cm³/mol. The maximum absolute atomic E-state index is 12.3. The molecular weight excluding hydrogens is 366 g/mol. The Morgan fingerprint density at radius 3 is 2.59 bits per heavy atom. The number of rotatable bonds is 8. The average molecular weight is 391 g/mol. The van der Waals surface area contributed by atoms with Crippen molar-refractivity contribution in [2.24, 2.45) is 5.10 Å². The van der Waals surface area contributed by atoms with Gasteiger partial charge in [-0.05, 0) is 49.7 Å². The van der Waals surface area contributed by atoms with E-state index in [0.717, 1.165) is 29.9 Å². The molecule has 2 aromatic carbocycles.